The van der Waals surface area contributed by atoms with Crippen LogP contribution in [0.1, 0.15) is 93.1 Å². The highest BCUT2D eigenvalue weighted by Gasteiger charge is 2.45. The molecule has 3 atom stereocenters. The zero-order valence-corrected chi connectivity index (χ0v) is 24.6. The first kappa shape index (κ1) is 33.1. The molecule has 0 heterocycles. The van der Waals surface area contributed by atoms with Crippen LogP contribution in [-0.4, -0.2) is 50.3 Å². The van der Waals surface area contributed by atoms with Gasteiger partial charge in [-0.05, 0) is 60.5 Å². The Bertz CT molecular complexity index is 794. The fraction of sp³-hybridized carbons (Fsp3) is 0.733. The number of unbranched alkanes of at least 4 members (excludes halogenated alkanes) is 3. The van der Waals surface area contributed by atoms with E-state index in [1.54, 1.807) is 41.5 Å². The summed E-state index contributed by atoms with van der Waals surface area (Å²) in [5, 5.41) is 0. The molecule has 0 spiro atoms. The molecular formula is C30H50O7. The smallest absolute Gasteiger partial charge is 0.311 e. The molecule has 0 amide bonds. The maximum atomic E-state index is 13.0. The molecule has 0 radical (unpaired) electrons. The number of ether oxygens (including phenoxy) is 5. The van der Waals surface area contributed by atoms with Crippen molar-refractivity contribution in [2.24, 2.45) is 10.8 Å². The van der Waals surface area contributed by atoms with Gasteiger partial charge in [-0.2, -0.15) is 0 Å². The lowest BCUT2D eigenvalue weighted by Crippen LogP contribution is -2.54. The standard InChI is InChI=1S/C30H50O7/c1-10-11-12-16-19-30(8,36-20-23-17-14-13-15-18-23)25(35-22-33-9)24(37-27(32)29(5,6)7)21-34-26(31)28(2,3)4/h13-15,17-18,24-25H,10-12,16,19-22H2,1-9H3/t24-,25-,30+/m1/s1. The Balaban J connectivity index is 3.37. The third-order valence-corrected chi connectivity index (χ3v) is 6.10. The van der Waals surface area contributed by atoms with Crippen LogP contribution >= 0.6 is 0 Å². The Morgan fingerprint density at radius 3 is 2.03 bits per heavy atom. The maximum Gasteiger partial charge on any atom is 0.311 e. The van der Waals surface area contributed by atoms with Gasteiger partial charge in [0.15, 0.2) is 6.10 Å². The predicted octanol–water partition coefficient (Wildman–Crippen LogP) is 6.47. The summed E-state index contributed by atoms with van der Waals surface area (Å²) in [6, 6.07) is 9.91. The number of carbonyl (C=O) groups is 2. The quantitative estimate of drug-likeness (QED) is 0.140. The normalized spacial score (nSPS) is 15.5. The van der Waals surface area contributed by atoms with Crippen molar-refractivity contribution in [3.8, 4) is 0 Å². The molecule has 7 heteroatoms. The van der Waals surface area contributed by atoms with Crippen LogP contribution in [0, 0.1) is 10.8 Å². The summed E-state index contributed by atoms with van der Waals surface area (Å²) in [5.41, 5.74) is -1.27. The van der Waals surface area contributed by atoms with Crippen LogP contribution in [0.25, 0.3) is 0 Å². The predicted molar refractivity (Wildman–Crippen MR) is 145 cm³/mol. The number of hydrogen-bond acceptors (Lipinski definition) is 7. The van der Waals surface area contributed by atoms with E-state index in [-0.39, 0.29) is 19.4 Å². The van der Waals surface area contributed by atoms with E-state index in [0.717, 1.165) is 31.2 Å². The van der Waals surface area contributed by atoms with Crippen molar-refractivity contribution in [1.29, 1.82) is 0 Å². The van der Waals surface area contributed by atoms with E-state index in [0.29, 0.717) is 13.0 Å². The zero-order valence-electron chi connectivity index (χ0n) is 24.6. The molecule has 0 aliphatic rings. The van der Waals surface area contributed by atoms with Crippen molar-refractivity contribution in [2.45, 2.75) is 112 Å². The van der Waals surface area contributed by atoms with Crippen LogP contribution in [0.2, 0.25) is 0 Å². The fourth-order valence-electron chi connectivity index (χ4n) is 3.71. The lowest BCUT2D eigenvalue weighted by Gasteiger charge is -2.41. The zero-order chi connectivity index (χ0) is 28.1. The van der Waals surface area contributed by atoms with E-state index in [2.05, 4.69) is 6.92 Å². The molecule has 37 heavy (non-hydrogen) atoms. The highest BCUT2D eigenvalue weighted by atomic mass is 16.7. The second-order valence-electron chi connectivity index (χ2n) is 11.9. The number of hydrogen-bond donors (Lipinski definition) is 0. The minimum atomic E-state index is -0.889. The molecule has 0 fully saturated rings. The van der Waals surface area contributed by atoms with E-state index in [1.807, 2.05) is 37.3 Å². The second kappa shape index (κ2) is 15.5. The Morgan fingerprint density at radius 2 is 1.49 bits per heavy atom. The molecule has 0 saturated carbocycles. The molecule has 0 N–H and O–H groups in total. The largest absolute Gasteiger partial charge is 0.461 e. The first-order chi connectivity index (χ1) is 17.2. The van der Waals surface area contributed by atoms with Gasteiger partial charge in [0.1, 0.15) is 19.5 Å². The summed E-state index contributed by atoms with van der Waals surface area (Å²) in [6.07, 6.45) is 3.23. The number of carbonyl (C=O) groups excluding carboxylic acids is 2. The molecule has 0 aliphatic heterocycles. The van der Waals surface area contributed by atoms with Crippen molar-refractivity contribution in [3.05, 3.63) is 35.9 Å². The molecular weight excluding hydrogens is 472 g/mol. The van der Waals surface area contributed by atoms with Gasteiger partial charge in [0, 0.05) is 7.11 Å². The summed E-state index contributed by atoms with van der Waals surface area (Å²) in [4.78, 5) is 25.6. The number of esters is 2. The van der Waals surface area contributed by atoms with Gasteiger partial charge >= 0.3 is 11.9 Å². The van der Waals surface area contributed by atoms with Crippen molar-refractivity contribution in [1.82, 2.24) is 0 Å². The van der Waals surface area contributed by atoms with Crippen LogP contribution in [0.3, 0.4) is 0 Å². The van der Waals surface area contributed by atoms with Gasteiger partial charge < -0.3 is 23.7 Å². The van der Waals surface area contributed by atoms with E-state index in [1.165, 1.54) is 7.11 Å². The molecule has 0 aromatic heterocycles. The topological polar surface area (TPSA) is 80.3 Å². The SMILES string of the molecule is CCCCCC[C@](C)(OCc1ccccc1)[C@H](OCOC)[C@@H](COC(=O)C(C)(C)C)OC(=O)C(C)(C)C. The maximum absolute atomic E-state index is 13.0. The summed E-state index contributed by atoms with van der Waals surface area (Å²) < 4.78 is 29.6. The molecule has 0 unspecified atom stereocenters. The van der Waals surface area contributed by atoms with Crippen molar-refractivity contribution >= 4 is 11.9 Å². The molecule has 0 bridgehead atoms. The minimum absolute atomic E-state index is 0.0271. The summed E-state index contributed by atoms with van der Waals surface area (Å²) >= 11 is 0. The van der Waals surface area contributed by atoms with Crippen molar-refractivity contribution < 1.29 is 33.3 Å². The van der Waals surface area contributed by atoms with E-state index in [9.17, 15) is 9.59 Å². The molecule has 1 aromatic carbocycles. The van der Waals surface area contributed by atoms with Gasteiger partial charge in [-0.1, -0.05) is 62.9 Å². The van der Waals surface area contributed by atoms with Gasteiger partial charge in [0.2, 0.25) is 0 Å². The Hall–Kier alpha value is -1.96. The number of rotatable bonds is 16. The van der Waals surface area contributed by atoms with Gasteiger partial charge in [0.25, 0.3) is 0 Å². The van der Waals surface area contributed by atoms with E-state index < -0.39 is 34.6 Å². The highest BCUT2D eigenvalue weighted by molar-refractivity contribution is 5.76. The van der Waals surface area contributed by atoms with Crippen molar-refractivity contribution in [3.63, 3.8) is 0 Å². The first-order valence-corrected chi connectivity index (χ1v) is 13.4. The monoisotopic (exact) mass is 522 g/mol. The fourth-order valence-corrected chi connectivity index (χ4v) is 3.71. The van der Waals surface area contributed by atoms with Gasteiger partial charge in [0.05, 0.1) is 23.0 Å². The van der Waals surface area contributed by atoms with Crippen LogP contribution in [0.5, 0.6) is 0 Å². The molecule has 1 rings (SSSR count). The molecule has 1 aromatic rings. The minimum Gasteiger partial charge on any atom is -0.461 e. The van der Waals surface area contributed by atoms with Crippen LogP contribution in [0.4, 0.5) is 0 Å². The second-order valence-corrected chi connectivity index (χ2v) is 11.9. The van der Waals surface area contributed by atoms with Crippen LogP contribution < -0.4 is 0 Å². The number of methoxy groups -OCH3 is 1. The van der Waals surface area contributed by atoms with E-state index >= 15 is 0 Å². The highest BCUT2D eigenvalue weighted by Crippen LogP contribution is 2.32. The van der Waals surface area contributed by atoms with E-state index in [4.69, 9.17) is 23.7 Å². The van der Waals surface area contributed by atoms with Gasteiger partial charge in [-0.3, -0.25) is 9.59 Å². The molecule has 0 aliphatic carbocycles. The van der Waals surface area contributed by atoms with Crippen molar-refractivity contribution in [2.75, 3.05) is 20.5 Å². The van der Waals surface area contributed by atoms with Gasteiger partial charge in [-0.15, -0.1) is 0 Å². The van der Waals surface area contributed by atoms with Gasteiger partial charge in [-0.25, -0.2) is 0 Å². The molecule has 212 valence electrons. The number of benzene rings is 1. The van der Waals surface area contributed by atoms with Crippen LogP contribution in [-0.2, 0) is 39.9 Å². The third kappa shape index (κ3) is 12.0. The Kier molecular flexibility index (Phi) is 13.8. The van der Waals surface area contributed by atoms with Crippen LogP contribution in [0.15, 0.2) is 30.3 Å². The lowest BCUT2D eigenvalue weighted by molar-refractivity contribution is -0.228. The lowest BCUT2D eigenvalue weighted by atomic mass is 9.87. The summed E-state index contributed by atoms with van der Waals surface area (Å²) in [7, 11) is 1.54. The Labute approximate surface area is 224 Å². The molecule has 7 nitrogen and oxygen atoms in total. The average molecular weight is 523 g/mol. The Morgan fingerprint density at radius 1 is 0.865 bits per heavy atom. The first-order valence-electron chi connectivity index (χ1n) is 13.4. The molecule has 0 saturated heterocycles. The average Bonchev–Trinajstić information content (AvgIpc) is 2.83. The third-order valence-electron chi connectivity index (χ3n) is 6.10. The summed E-state index contributed by atoms with van der Waals surface area (Å²) in [6.45, 7) is 15.0. The summed E-state index contributed by atoms with van der Waals surface area (Å²) in [5.74, 6) is -0.795.